The second-order valence-corrected chi connectivity index (χ2v) is 10.5. The zero-order chi connectivity index (χ0) is 24.2. The number of thioether (sulfide) groups is 1. The van der Waals surface area contributed by atoms with Crippen LogP contribution in [0.3, 0.4) is 0 Å². The number of aromatic nitrogens is 5. The van der Waals surface area contributed by atoms with Crippen LogP contribution in [-0.4, -0.2) is 59.9 Å². The Morgan fingerprint density at radius 2 is 1.91 bits per heavy atom. The number of aliphatic hydroxyl groups excluding tert-OH is 1. The zero-order valence-corrected chi connectivity index (χ0v) is 20.6. The number of ether oxygens (including phenoxy) is 3. The number of hydrogen-bond acceptors (Lipinski definition) is 9. The second-order valence-electron chi connectivity index (χ2n) is 9.41. The molecule has 4 aromatic rings. The Labute approximate surface area is 206 Å². The quantitative estimate of drug-likeness (QED) is 0.307. The van der Waals surface area contributed by atoms with Crippen molar-refractivity contribution in [1.82, 2.24) is 25.0 Å². The molecule has 1 aliphatic carbocycles. The Morgan fingerprint density at radius 3 is 2.74 bits per heavy atom. The van der Waals surface area contributed by atoms with Gasteiger partial charge in [-0.05, 0) is 43.2 Å². The summed E-state index contributed by atoms with van der Waals surface area (Å²) >= 11 is 1.56. The average Bonchev–Trinajstić information content (AvgIpc) is 3.49. The lowest BCUT2D eigenvalue weighted by molar-refractivity contribution is -0.165. The van der Waals surface area contributed by atoms with Gasteiger partial charge in [0.1, 0.15) is 18.0 Å². The van der Waals surface area contributed by atoms with Crippen LogP contribution in [0.1, 0.15) is 39.7 Å². The van der Waals surface area contributed by atoms with Gasteiger partial charge in [0.25, 0.3) is 5.88 Å². The highest BCUT2D eigenvalue weighted by Gasteiger charge is 2.55. The maximum absolute atomic E-state index is 10.7. The molecule has 10 heteroatoms. The van der Waals surface area contributed by atoms with Crippen molar-refractivity contribution in [2.24, 2.45) is 0 Å². The van der Waals surface area contributed by atoms with Gasteiger partial charge in [0.05, 0.1) is 12.1 Å². The minimum absolute atomic E-state index is 0.269. The van der Waals surface area contributed by atoms with E-state index in [2.05, 4.69) is 28.3 Å². The Balaban J connectivity index is 1.41. The van der Waals surface area contributed by atoms with Gasteiger partial charge in [0.15, 0.2) is 22.1 Å². The molecule has 0 radical (unpaired) electrons. The summed E-state index contributed by atoms with van der Waals surface area (Å²) in [6.45, 7) is 5.82. The molecule has 3 heterocycles. The van der Waals surface area contributed by atoms with Crippen LogP contribution in [0.25, 0.3) is 21.9 Å². The summed E-state index contributed by atoms with van der Waals surface area (Å²) < 4.78 is 20.1. The fourth-order valence-electron chi connectivity index (χ4n) is 4.85. The molecule has 9 nitrogen and oxygen atoms in total. The number of hydrogen-bond donors (Lipinski definition) is 1. The van der Waals surface area contributed by atoms with Crippen LogP contribution in [0.2, 0.25) is 0 Å². The predicted octanol–water partition coefficient (Wildman–Crippen LogP) is 4.49. The lowest BCUT2D eigenvalue weighted by atomic mass is 10.1. The van der Waals surface area contributed by atoms with Gasteiger partial charge in [0.2, 0.25) is 0 Å². The van der Waals surface area contributed by atoms with Gasteiger partial charge < -0.3 is 19.3 Å². The van der Waals surface area contributed by atoms with E-state index in [0.717, 1.165) is 22.9 Å². The number of fused-ring (bicyclic) bond motifs is 3. The Bertz CT molecular complexity index is 1390. The Kier molecular flexibility index (Phi) is 5.63. The lowest BCUT2D eigenvalue weighted by Gasteiger charge is -2.22. The summed E-state index contributed by atoms with van der Waals surface area (Å²) in [5.41, 5.74) is 1.02. The monoisotopic (exact) mass is 493 g/mol. The van der Waals surface area contributed by atoms with Crippen LogP contribution < -0.4 is 4.74 Å². The molecule has 1 saturated heterocycles. The molecule has 1 N–H and O–H groups in total. The molecule has 35 heavy (non-hydrogen) atoms. The van der Waals surface area contributed by atoms with Crippen molar-refractivity contribution in [2.75, 3.05) is 5.75 Å². The molecule has 0 spiro atoms. The summed E-state index contributed by atoms with van der Waals surface area (Å²) in [5, 5.41) is 22.3. The Morgan fingerprint density at radius 1 is 1.11 bits per heavy atom. The third-order valence-corrected chi connectivity index (χ3v) is 7.41. The molecule has 2 aromatic heterocycles. The third kappa shape index (κ3) is 4.14. The fraction of sp³-hybridized carbons (Fsp3) is 0.440. The van der Waals surface area contributed by atoms with E-state index in [1.165, 1.54) is 0 Å². The highest BCUT2D eigenvalue weighted by Crippen LogP contribution is 2.44. The average molecular weight is 494 g/mol. The highest BCUT2D eigenvalue weighted by atomic mass is 32.2. The summed E-state index contributed by atoms with van der Waals surface area (Å²) in [7, 11) is 0. The van der Waals surface area contributed by atoms with Gasteiger partial charge in [-0.3, -0.25) is 0 Å². The number of benzene rings is 2. The summed E-state index contributed by atoms with van der Waals surface area (Å²) in [4.78, 5) is 9.44. The SMILES string of the molecule is CCCSc1nc(Oc2ccc3ccccc3c2)c2nnn(C3C[C@H](O)[C@H]4OC(C)(C)O[C@@H]34)c2n1. The molecule has 0 amide bonds. The van der Waals surface area contributed by atoms with Crippen molar-refractivity contribution in [3.05, 3.63) is 42.5 Å². The zero-order valence-electron chi connectivity index (χ0n) is 19.8. The largest absolute Gasteiger partial charge is 0.437 e. The normalized spacial score (nSPS) is 25.4. The van der Waals surface area contributed by atoms with Crippen molar-refractivity contribution in [2.45, 2.75) is 68.9 Å². The first kappa shape index (κ1) is 22.7. The molecule has 2 fully saturated rings. The molecular weight excluding hydrogens is 466 g/mol. The molecule has 6 rings (SSSR count). The standard InChI is InChI=1S/C25H27N5O4S/c1-4-11-35-24-26-22-19(23(27-24)32-16-10-9-14-7-5-6-8-15(14)12-16)28-29-30(22)17-13-18(31)21-20(17)33-25(2,3)34-21/h5-10,12,17-18,20-21,31H,4,11,13H2,1-3H3/t17?,18-,20-,21+/m0/s1. The molecule has 4 atom stereocenters. The highest BCUT2D eigenvalue weighted by molar-refractivity contribution is 7.99. The molecule has 2 aromatic carbocycles. The third-order valence-electron chi connectivity index (χ3n) is 6.36. The molecule has 1 aliphatic heterocycles. The first-order chi connectivity index (χ1) is 16.9. The van der Waals surface area contributed by atoms with E-state index in [9.17, 15) is 5.11 Å². The van der Waals surface area contributed by atoms with Crippen LogP contribution in [0.4, 0.5) is 0 Å². The van der Waals surface area contributed by atoms with Crippen molar-refractivity contribution < 1.29 is 19.3 Å². The number of rotatable bonds is 6. The van der Waals surface area contributed by atoms with Gasteiger partial charge in [-0.15, -0.1) is 5.10 Å². The molecule has 0 bridgehead atoms. The molecule has 1 saturated carbocycles. The van der Waals surface area contributed by atoms with Crippen molar-refractivity contribution in [1.29, 1.82) is 0 Å². The van der Waals surface area contributed by atoms with Gasteiger partial charge in [-0.1, -0.05) is 54.2 Å². The molecule has 182 valence electrons. The van der Waals surface area contributed by atoms with Crippen molar-refractivity contribution >= 4 is 33.7 Å². The van der Waals surface area contributed by atoms with Crippen molar-refractivity contribution in [3.63, 3.8) is 0 Å². The second kappa shape index (κ2) is 8.70. The van der Waals surface area contributed by atoms with E-state index in [4.69, 9.17) is 19.2 Å². The first-order valence-electron chi connectivity index (χ1n) is 11.9. The molecule has 2 aliphatic rings. The first-order valence-corrected chi connectivity index (χ1v) is 12.9. The van der Waals surface area contributed by atoms with Gasteiger partial charge >= 0.3 is 0 Å². The van der Waals surface area contributed by atoms with E-state index >= 15 is 0 Å². The molecule has 1 unspecified atom stereocenters. The number of aliphatic hydroxyl groups is 1. The van der Waals surface area contributed by atoms with E-state index < -0.39 is 18.0 Å². The fourth-order valence-corrected chi connectivity index (χ4v) is 5.53. The maximum Gasteiger partial charge on any atom is 0.253 e. The van der Waals surface area contributed by atoms with Crippen LogP contribution in [0, 0.1) is 0 Å². The van der Waals surface area contributed by atoms with E-state index in [1.54, 1.807) is 16.4 Å². The van der Waals surface area contributed by atoms with E-state index in [1.807, 2.05) is 50.2 Å². The van der Waals surface area contributed by atoms with E-state index in [0.29, 0.717) is 34.4 Å². The summed E-state index contributed by atoms with van der Waals surface area (Å²) in [5.74, 6) is 1.12. The van der Waals surface area contributed by atoms with Crippen molar-refractivity contribution in [3.8, 4) is 11.6 Å². The lowest BCUT2D eigenvalue weighted by Crippen LogP contribution is -2.29. The van der Waals surface area contributed by atoms with Crippen LogP contribution in [0.15, 0.2) is 47.6 Å². The summed E-state index contributed by atoms with van der Waals surface area (Å²) in [6, 6.07) is 13.8. The minimum atomic E-state index is -0.771. The minimum Gasteiger partial charge on any atom is -0.437 e. The topological polar surface area (TPSA) is 104 Å². The van der Waals surface area contributed by atoms with Crippen LogP contribution >= 0.6 is 11.8 Å². The van der Waals surface area contributed by atoms with Crippen LogP contribution in [-0.2, 0) is 9.47 Å². The maximum atomic E-state index is 10.7. The van der Waals surface area contributed by atoms with E-state index in [-0.39, 0.29) is 12.1 Å². The predicted molar refractivity (Wildman–Crippen MR) is 132 cm³/mol. The van der Waals surface area contributed by atoms with Crippen LogP contribution in [0.5, 0.6) is 11.6 Å². The number of nitrogens with zero attached hydrogens (tertiary/aromatic N) is 5. The smallest absolute Gasteiger partial charge is 0.253 e. The van der Waals surface area contributed by atoms with Gasteiger partial charge in [-0.25, -0.2) is 9.67 Å². The summed E-state index contributed by atoms with van der Waals surface area (Å²) in [6.07, 6.45) is 0.0000519. The van der Waals surface area contributed by atoms with Gasteiger partial charge in [0, 0.05) is 12.2 Å². The van der Waals surface area contributed by atoms with Gasteiger partial charge in [-0.2, -0.15) is 4.98 Å². The Hall–Kier alpha value is -2.79. The molecular formula is C25H27N5O4S.